The predicted octanol–water partition coefficient (Wildman–Crippen LogP) is -0.451. The Morgan fingerprint density at radius 3 is 2.71 bits per heavy atom. The van der Waals surface area contributed by atoms with Crippen LogP contribution in [-0.4, -0.2) is 32.1 Å². The largest absolute Gasteiger partial charge is 0.367 e. The first-order chi connectivity index (χ1) is 6.72. The lowest BCUT2D eigenvalue weighted by Crippen LogP contribution is -2.32. The highest BCUT2D eigenvalue weighted by Gasteiger charge is 2.02. The van der Waals surface area contributed by atoms with E-state index in [2.05, 4.69) is 10.8 Å². The van der Waals surface area contributed by atoms with Crippen LogP contribution in [-0.2, 0) is 9.63 Å². The van der Waals surface area contributed by atoms with Crippen molar-refractivity contribution in [2.24, 2.45) is 5.73 Å². The summed E-state index contributed by atoms with van der Waals surface area (Å²) in [7, 11) is 0. The van der Waals surface area contributed by atoms with Gasteiger partial charge in [-0.3, -0.25) is 0 Å². The first-order valence-corrected chi connectivity index (χ1v) is 4.70. The van der Waals surface area contributed by atoms with E-state index in [1.807, 2.05) is 0 Å². The SMILES string of the molecule is CC=C(C)C(=O)ONCCNCCN. The number of rotatable bonds is 7. The van der Waals surface area contributed by atoms with Gasteiger partial charge in [0.05, 0.1) is 0 Å². The highest BCUT2D eigenvalue weighted by molar-refractivity contribution is 5.87. The van der Waals surface area contributed by atoms with Crippen molar-refractivity contribution in [3.63, 3.8) is 0 Å². The van der Waals surface area contributed by atoms with E-state index in [1.54, 1.807) is 19.9 Å². The molecule has 0 fully saturated rings. The minimum atomic E-state index is -0.341. The summed E-state index contributed by atoms with van der Waals surface area (Å²) in [6.45, 7) is 6.17. The van der Waals surface area contributed by atoms with Gasteiger partial charge >= 0.3 is 5.97 Å². The quantitative estimate of drug-likeness (QED) is 0.295. The third-order valence-corrected chi connectivity index (χ3v) is 1.64. The Kier molecular flexibility index (Phi) is 8.11. The van der Waals surface area contributed by atoms with Crippen molar-refractivity contribution in [2.75, 3.05) is 26.2 Å². The lowest BCUT2D eigenvalue weighted by molar-refractivity contribution is -0.146. The van der Waals surface area contributed by atoms with Crippen molar-refractivity contribution in [2.45, 2.75) is 13.8 Å². The van der Waals surface area contributed by atoms with Crippen LogP contribution >= 0.6 is 0 Å². The van der Waals surface area contributed by atoms with Crippen LogP contribution < -0.4 is 16.5 Å². The molecule has 0 aromatic heterocycles. The summed E-state index contributed by atoms with van der Waals surface area (Å²) in [5, 5.41) is 3.06. The van der Waals surface area contributed by atoms with E-state index in [-0.39, 0.29) is 5.97 Å². The van der Waals surface area contributed by atoms with Gasteiger partial charge in [-0.2, -0.15) is 5.48 Å². The first-order valence-electron chi connectivity index (χ1n) is 4.70. The summed E-state index contributed by atoms with van der Waals surface area (Å²) in [5.74, 6) is -0.341. The molecule has 0 atom stereocenters. The first kappa shape index (κ1) is 13.1. The molecule has 0 aliphatic heterocycles. The molecule has 0 radical (unpaired) electrons. The molecule has 0 saturated carbocycles. The van der Waals surface area contributed by atoms with Crippen molar-refractivity contribution in [1.29, 1.82) is 0 Å². The molecule has 0 amide bonds. The molecule has 0 unspecified atom stereocenters. The van der Waals surface area contributed by atoms with Gasteiger partial charge in [0.25, 0.3) is 0 Å². The molecule has 0 rings (SSSR count). The summed E-state index contributed by atoms with van der Waals surface area (Å²) < 4.78 is 0. The predicted molar refractivity (Wildman–Crippen MR) is 55.4 cm³/mol. The van der Waals surface area contributed by atoms with E-state index in [0.717, 1.165) is 13.1 Å². The van der Waals surface area contributed by atoms with E-state index < -0.39 is 0 Å². The smallest absolute Gasteiger partial charge is 0.352 e. The Balaban J connectivity index is 3.32. The number of hydrogen-bond donors (Lipinski definition) is 3. The molecular weight excluding hydrogens is 182 g/mol. The zero-order chi connectivity index (χ0) is 10.8. The number of carbonyl (C=O) groups is 1. The highest BCUT2D eigenvalue weighted by atomic mass is 16.7. The molecule has 4 N–H and O–H groups in total. The average molecular weight is 201 g/mol. The number of allylic oxidation sites excluding steroid dienone is 1. The Bertz CT molecular complexity index is 192. The second-order valence-electron chi connectivity index (χ2n) is 2.79. The van der Waals surface area contributed by atoms with Crippen molar-refractivity contribution in [3.05, 3.63) is 11.6 Å². The monoisotopic (exact) mass is 201 g/mol. The van der Waals surface area contributed by atoms with Gasteiger partial charge in [0.15, 0.2) is 0 Å². The summed E-state index contributed by atoms with van der Waals surface area (Å²) >= 11 is 0. The molecule has 5 heteroatoms. The normalized spacial score (nSPS) is 11.5. The molecule has 0 bridgehead atoms. The summed E-state index contributed by atoms with van der Waals surface area (Å²) in [5.41, 5.74) is 8.43. The molecular formula is C9H19N3O2. The summed E-state index contributed by atoms with van der Waals surface area (Å²) in [6, 6.07) is 0. The van der Waals surface area contributed by atoms with Gasteiger partial charge < -0.3 is 15.9 Å². The topological polar surface area (TPSA) is 76.4 Å². The van der Waals surface area contributed by atoms with Crippen LogP contribution in [0.1, 0.15) is 13.8 Å². The third kappa shape index (κ3) is 6.59. The number of nitrogens with two attached hydrogens (primary N) is 1. The molecule has 0 aliphatic carbocycles. The molecule has 14 heavy (non-hydrogen) atoms. The van der Waals surface area contributed by atoms with E-state index in [1.165, 1.54) is 0 Å². The van der Waals surface area contributed by atoms with Gasteiger partial charge in [-0.05, 0) is 13.8 Å². The zero-order valence-corrected chi connectivity index (χ0v) is 8.80. The van der Waals surface area contributed by atoms with Gasteiger partial charge in [-0.15, -0.1) is 0 Å². The lowest BCUT2D eigenvalue weighted by atomic mass is 10.3. The van der Waals surface area contributed by atoms with E-state index >= 15 is 0 Å². The standard InChI is InChI=1S/C9H19N3O2/c1-3-8(2)9(13)14-12-7-6-11-5-4-10/h3,11-12H,4-7,10H2,1-2H3. The van der Waals surface area contributed by atoms with Gasteiger partial charge in [-0.1, -0.05) is 6.08 Å². The second-order valence-corrected chi connectivity index (χ2v) is 2.79. The summed E-state index contributed by atoms with van der Waals surface area (Å²) in [4.78, 5) is 15.8. The Morgan fingerprint density at radius 1 is 1.43 bits per heavy atom. The molecule has 0 aromatic carbocycles. The fourth-order valence-electron chi connectivity index (χ4n) is 0.681. The third-order valence-electron chi connectivity index (χ3n) is 1.64. The van der Waals surface area contributed by atoms with Crippen molar-refractivity contribution in [3.8, 4) is 0 Å². The molecule has 0 aromatic rings. The van der Waals surface area contributed by atoms with E-state index in [4.69, 9.17) is 10.6 Å². The maximum absolute atomic E-state index is 11.1. The van der Waals surface area contributed by atoms with Crippen LogP contribution in [0.25, 0.3) is 0 Å². The second kappa shape index (κ2) is 8.68. The van der Waals surface area contributed by atoms with Gasteiger partial charge in [-0.25, -0.2) is 4.79 Å². The summed E-state index contributed by atoms with van der Waals surface area (Å²) in [6.07, 6.45) is 1.71. The van der Waals surface area contributed by atoms with Crippen molar-refractivity contribution >= 4 is 5.97 Å². The molecule has 82 valence electrons. The molecule has 0 saturated heterocycles. The van der Waals surface area contributed by atoms with Crippen LogP contribution in [0.4, 0.5) is 0 Å². The average Bonchev–Trinajstić information content (AvgIpc) is 2.21. The number of hydroxylamine groups is 1. The Morgan fingerprint density at radius 2 is 2.14 bits per heavy atom. The maximum Gasteiger partial charge on any atom is 0.352 e. The van der Waals surface area contributed by atoms with Crippen LogP contribution in [0.3, 0.4) is 0 Å². The molecule has 0 spiro atoms. The fourth-order valence-corrected chi connectivity index (χ4v) is 0.681. The van der Waals surface area contributed by atoms with Crippen molar-refractivity contribution in [1.82, 2.24) is 10.8 Å². The number of hydrogen-bond acceptors (Lipinski definition) is 5. The van der Waals surface area contributed by atoms with Gasteiger partial charge in [0, 0.05) is 31.8 Å². The minimum absolute atomic E-state index is 0.341. The molecule has 5 nitrogen and oxygen atoms in total. The van der Waals surface area contributed by atoms with Gasteiger partial charge in [0.1, 0.15) is 0 Å². The van der Waals surface area contributed by atoms with E-state index in [0.29, 0.717) is 18.7 Å². The lowest BCUT2D eigenvalue weighted by Gasteiger charge is -2.06. The van der Waals surface area contributed by atoms with Gasteiger partial charge in [0.2, 0.25) is 0 Å². The van der Waals surface area contributed by atoms with Crippen LogP contribution in [0.5, 0.6) is 0 Å². The fraction of sp³-hybridized carbons (Fsp3) is 0.667. The maximum atomic E-state index is 11.1. The van der Waals surface area contributed by atoms with Crippen LogP contribution in [0.2, 0.25) is 0 Å². The zero-order valence-electron chi connectivity index (χ0n) is 8.80. The Hall–Kier alpha value is -0.910. The number of nitrogens with one attached hydrogen (secondary N) is 2. The van der Waals surface area contributed by atoms with Crippen LogP contribution in [0, 0.1) is 0 Å². The van der Waals surface area contributed by atoms with Crippen LogP contribution in [0.15, 0.2) is 11.6 Å². The van der Waals surface area contributed by atoms with Crippen molar-refractivity contribution < 1.29 is 9.63 Å². The number of carbonyl (C=O) groups excluding carboxylic acids is 1. The Labute approximate surface area is 84.6 Å². The highest BCUT2D eigenvalue weighted by Crippen LogP contribution is 1.92. The van der Waals surface area contributed by atoms with E-state index in [9.17, 15) is 4.79 Å². The molecule has 0 heterocycles. The molecule has 0 aliphatic rings. The minimum Gasteiger partial charge on any atom is -0.367 e.